The first-order valence-electron chi connectivity index (χ1n) is 11.2. The number of halogens is 2. The number of furan rings is 1. The highest BCUT2D eigenvalue weighted by Gasteiger charge is 2.42. The van der Waals surface area contributed by atoms with Crippen molar-refractivity contribution in [2.24, 2.45) is 0 Å². The molecule has 0 spiro atoms. The van der Waals surface area contributed by atoms with Crippen LogP contribution in [-0.4, -0.2) is 16.2 Å². The third kappa shape index (κ3) is 4.81. The molecule has 1 aliphatic heterocycles. The highest BCUT2D eigenvalue weighted by molar-refractivity contribution is 9.10. The number of rotatable bonds is 6. The van der Waals surface area contributed by atoms with E-state index < -0.39 is 0 Å². The van der Waals surface area contributed by atoms with Crippen LogP contribution in [0.5, 0.6) is 5.75 Å². The third-order valence-corrected chi connectivity index (χ3v) is 6.67. The molecule has 0 bridgehead atoms. The van der Waals surface area contributed by atoms with Gasteiger partial charge in [-0.3, -0.25) is 4.98 Å². The van der Waals surface area contributed by atoms with Crippen molar-refractivity contribution in [3.63, 3.8) is 0 Å². The van der Waals surface area contributed by atoms with Gasteiger partial charge in [-0.2, -0.15) is 0 Å². The van der Waals surface area contributed by atoms with Crippen molar-refractivity contribution in [3.05, 3.63) is 101 Å². The predicted molar refractivity (Wildman–Crippen MR) is 142 cm³/mol. The summed E-state index contributed by atoms with van der Waals surface area (Å²) < 4.78 is 26.4. The van der Waals surface area contributed by atoms with Crippen LogP contribution in [0.15, 0.2) is 87.9 Å². The first-order valence-corrected chi connectivity index (χ1v) is 12.4. The van der Waals surface area contributed by atoms with Gasteiger partial charge in [0.15, 0.2) is 5.11 Å². The molecule has 1 aliphatic rings. The van der Waals surface area contributed by atoms with Gasteiger partial charge in [-0.05, 0) is 109 Å². The predicted octanol–water partition coefficient (Wildman–Crippen LogP) is 7.21. The minimum Gasteiger partial charge on any atom is -0.491 e. The molecule has 2 atom stereocenters. The van der Waals surface area contributed by atoms with Crippen molar-refractivity contribution in [3.8, 4) is 17.1 Å². The Morgan fingerprint density at radius 3 is 2.57 bits per heavy atom. The quantitative estimate of drug-likeness (QED) is 0.255. The van der Waals surface area contributed by atoms with Crippen LogP contribution in [0, 0.1) is 5.82 Å². The average Bonchev–Trinajstić information content (AvgIpc) is 3.44. The third-order valence-electron chi connectivity index (χ3n) is 5.70. The molecule has 0 amide bonds. The Bertz CT molecular complexity index is 1340. The SMILES string of the molecule is CC(C)Oc1ccc(N2C(=S)N[C@H](c3ccccn3)[C@H]2c2ccc(-c3ccc(F)cc3Br)o2)cc1. The van der Waals surface area contributed by atoms with Gasteiger partial charge in [0.25, 0.3) is 0 Å². The van der Waals surface area contributed by atoms with Crippen LogP contribution in [0.25, 0.3) is 11.3 Å². The van der Waals surface area contributed by atoms with Crippen LogP contribution < -0.4 is 15.0 Å². The second-order valence-corrected chi connectivity index (χ2v) is 9.72. The largest absolute Gasteiger partial charge is 0.491 e. The Kier molecular flexibility index (Phi) is 6.58. The van der Waals surface area contributed by atoms with Crippen LogP contribution in [0.4, 0.5) is 10.1 Å². The number of pyridine rings is 1. The van der Waals surface area contributed by atoms with Crippen LogP contribution in [-0.2, 0) is 0 Å². The summed E-state index contributed by atoms with van der Waals surface area (Å²) in [6.07, 6.45) is 1.85. The molecular formula is C27H23BrFN3O2S. The Morgan fingerprint density at radius 2 is 1.89 bits per heavy atom. The van der Waals surface area contributed by atoms with E-state index in [1.807, 2.05) is 73.3 Å². The van der Waals surface area contributed by atoms with E-state index in [-0.39, 0.29) is 24.0 Å². The lowest BCUT2D eigenvalue weighted by atomic mass is 10.0. The van der Waals surface area contributed by atoms with E-state index in [1.165, 1.54) is 12.1 Å². The molecule has 0 unspecified atom stereocenters. The molecule has 35 heavy (non-hydrogen) atoms. The molecule has 2 aromatic carbocycles. The van der Waals surface area contributed by atoms with Gasteiger partial charge >= 0.3 is 0 Å². The van der Waals surface area contributed by atoms with Crippen molar-refractivity contribution in [1.29, 1.82) is 0 Å². The molecule has 0 aliphatic carbocycles. The van der Waals surface area contributed by atoms with Gasteiger partial charge < -0.3 is 19.4 Å². The summed E-state index contributed by atoms with van der Waals surface area (Å²) in [6.45, 7) is 3.99. The minimum absolute atomic E-state index is 0.0870. The number of anilines is 1. The Hall–Kier alpha value is -3.23. The number of aromatic nitrogens is 1. The Morgan fingerprint density at radius 1 is 1.09 bits per heavy atom. The van der Waals surface area contributed by atoms with Gasteiger partial charge in [0.1, 0.15) is 29.1 Å². The fourth-order valence-electron chi connectivity index (χ4n) is 4.23. The smallest absolute Gasteiger partial charge is 0.174 e. The van der Waals surface area contributed by atoms with Gasteiger partial charge in [0, 0.05) is 21.9 Å². The van der Waals surface area contributed by atoms with E-state index in [0.717, 1.165) is 22.7 Å². The lowest BCUT2D eigenvalue weighted by Gasteiger charge is -2.26. The zero-order chi connectivity index (χ0) is 24.5. The molecule has 1 saturated heterocycles. The van der Waals surface area contributed by atoms with Gasteiger partial charge in [-0.1, -0.05) is 6.07 Å². The topological polar surface area (TPSA) is 50.5 Å². The number of benzene rings is 2. The molecule has 1 N–H and O–H groups in total. The Labute approximate surface area is 217 Å². The number of nitrogens with zero attached hydrogens (tertiary/aromatic N) is 2. The normalized spacial score (nSPS) is 17.6. The first kappa shape index (κ1) is 23.5. The maximum Gasteiger partial charge on any atom is 0.174 e. The summed E-state index contributed by atoms with van der Waals surface area (Å²) >= 11 is 9.22. The second kappa shape index (κ2) is 9.79. The van der Waals surface area contributed by atoms with Gasteiger partial charge in [-0.15, -0.1) is 0 Å². The summed E-state index contributed by atoms with van der Waals surface area (Å²) in [5.41, 5.74) is 2.52. The summed E-state index contributed by atoms with van der Waals surface area (Å²) in [6, 6.07) is 21.5. The van der Waals surface area contributed by atoms with Crippen molar-refractivity contribution < 1.29 is 13.5 Å². The molecule has 5 nitrogen and oxygen atoms in total. The number of ether oxygens (including phenoxy) is 1. The standard InChI is InChI=1S/C27H23BrFN3O2S/c1-16(2)33-19-9-7-18(8-10-19)32-26(25(31-27(32)35)22-5-3-4-14-30-22)24-13-12-23(34-24)20-11-6-17(29)15-21(20)28/h3-16,25-26H,1-2H3,(H,31,35)/t25-,26-/m1/s1. The Balaban J connectivity index is 1.56. The molecule has 178 valence electrons. The van der Waals surface area contributed by atoms with E-state index in [0.29, 0.717) is 21.1 Å². The summed E-state index contributed by atoms with van der Waals surface area (Å²) in [4.78, 5) is 6.61. The van der Waals surface area contributed by atoms with Crippen molar-refractivity contribution in [2.75, 3.05) is 4.90 Å². The number of nitrogens with one attached hydrogen (secondary N) is 1. The molecule has 8 heteroatoms. The molecule has 4 aromatic rings. The fourth-order valence-corrected chi connectivity index (χ4v) is 5.12. The van der Waals surface area contributed by atoms with Crippen LogP contribution in [0.1, 0.15) is 37.4 Å². The zero-order valence-electron chi connectivity index (χ0n) is 19.1. The van der Waals surface area contributed by atoms with Crippen molar-refractivity contribution in [1.82, 2.24) is 10.3 Å². The number of thiocarbonyl (C=S) groups is 1. The summed E-state index contributed by atoms with van der Waals surface area (Å²) in [5, 5.41) is 4.00. The molecular weight excluding hydrogens is 529 g/mol. The summed E-state index contributed by atoms with van der Waals surface area (Å²) in [5.74, 6) is 1.82. The van der Waals surface area contributed by atoms with Crippen molar-refractivity contribution >= 4 is 38.9 Å². The first-order chi connectivity index (χ1) is 16.9. The minimum atomic E-state index is -0.316. The van der Waals surface area contributed by atoms with E-state index in [4.69, 9.17) is 21.4 Å². The molecule has 3 heterocycles. The second-order valence-electron chi connectivity index (χ2n) is 8.48. The molecule has 5 rings (SSSR count). The lowest BCUT2D eigenvalue weighted by molar-refractivity contribution is 0.242. The van der Waals surface area contributed by atoms with Gasteiger partial charge in [0.05, 0.1) is 17.8 Å². The highest BCUT2D eigenvalue weighted by Crippen LogP contribution is 2.43. The van der Waals surface area contributed by atoms with E-state index in [2.05, 4.69) is 26.2 Å². The maximum atomic E-state index is 13.6. The van der Waals surface area contributed by atoms with E-state index in [1.54, 1.807) is 12.3 Å². The van der Waals surface area contributed by atoms with Gasteiger partial charge in [-0.25, -0.2) is 4.39 Å². The van der Waals surface area contributed by atoms with Crippen LogP contribution in [0.2, 0.25) is 0 Å². The molecule has 2 aromatic heterocycles. The van der Waals surface area contributed by atoms with Gasteiger partial charge in [0.2, 0.25) is 0 Å². The van der Waals surface area contributed by atoms with E-state index in [9.17, 15) is 4.39 Å². The summed E-state index contributed by atoms with van der Waals surface area (Å²) in [7, 11) is 0. The van der Waals surface area contributed by atoms with Crippen LogP contribution in [0.3, 0.4) is 0 Å². The lowest BCUT2D eigenvalue weighted by Crippen LogP contribution is -2.29. The molecule has 1 fully saturated rings. The van der Waals surface area contributed by atoms with Crippen molar-refractivity contribution in [2.45, 2.75) is 32.0 Å². The number of hydrogen-bond acceptors (Lipinski definition) is 4. The monoisotopic (exact) mass is 551 g/mol. The zero-order valence-corrected chi connectivity index (χ0v) is 21.5. The maximum absolute atomic E-state index is 13.6. The molecule has 0 saturated carbocycles. The molecule has 0 radical (unpaired) electrons. The van der Waals surface area contributed by atoms with Crippen LogP contribution >= 0.6 is 28.1 Å². The highest BCUT2D eigenvalue weighted by atomic mass is 79.9. The average molecular weight is 552 g/mol. The number of hydrogen-bond donors (Lipinski definition) is 1. The fraction of sp³-hybridized carbons (Fsp3) is 0.185. The van der Waals surface area contributed by atoms with E-state index >= 15 is 0 Å².